The Bertz CT molecular complexity index is 1510. The maximum Gasteiger partial charge on any atom is 0.387 e. The van der Waals surface area contributed by atoms with E-state index in [0.29, 0.717) is 13.0 Å². The summed E-state index contributed by atoms with van der Waals surface area (Å²) in [7, 11) is 1.63. The molecular formula is C23H19F4N7O3S. The number of halogens is 4. The van der Waals surface area contributed by atoms with E-state index in [2.05, 4.69) is 25.2 Å². The Morgan fingerprint density at radius 2 is 2.08 bits per heavy atom. The molecule has 3 aromatic heterocycles. The van der Waals surface area contributed by atoms with Crippen LogP contribution in [-0.2, 0) is 4.79 Å². The van der Waals surface area contributed by atoms with Crippen LogP contribution in [0.2, 0.25) is 0 Å². The van der Waals surface area contributed by atoms with Crippen LogP contribution in [0.5, 0.6) is 5.75 Å². The van der Waals surface area contributed by atoms with Gasteiger partial charge in [0.15, 0.2) is 5.65 Å². The number of rotatable bonds is 8. The van der Waals surface area contributed by atoms with Crippen molar-refractivity contribution in [2.45, 2.75) is 29.7 Å². The Balaban J connectivity index is 1.61. The molecule has 1 aliphatic heterocycles. The van der Waals surface area contributed by atoms with Crippen molar-refractivity contribution in [1.82, 2.24) is 29.3 Å². The fourth-order valence-electron chi connectivity index (χ4n) is 4.14. The number of nitrogens with one attached hydrogen (secondary N) is 1. The van der Waals surface area contributed by atoms with Crippen molar-refractivity contribution in [3.8, 4) is 17.0 Å². The third-order valence-corrected chi connectivity index (χ3v) is 6.57. The number of alkyl halides is 4. The molecule has 0 unspecified atom stereocenters. The van der Waals surface area contributed by atoms with E-state index in [1.165, 1.54) is 44.8 Å². The first-order valence-corrected chi connectivity index (χ1v) is 12.1. The molecule has 1 aliphatic rings. The second-order valence-corrected chi connectivity index (χ2v) is 9.31. The van der Waals surface area contributed by atoms with Gasteiger partial charge in [0.1, 0.15) is 23.0 Å². The minimum atomic E-state index is -3.21. The summed E-state index contributed by atoms with van der Waals surface area (Å²) in [4.78, 5) is 31.6. The van der Waals surface area contributed by atoms with Crippen LogP contribution < -0.4 is 10.1 Å². The number of thioether (sulfide) groups is 1. The molecular weight excluding hydrogens is 530 g/mol. The summed E-state index contributed by atoms with van der Waals surface area (Å²) in [5.74, 6) is -3.97. The highest BCUT2D eigenvalue weighted by molar-refractivity contribution is 7.99. The van der Waals surface area contributed by atoms with Crippen molar-refractivity contribution in [2.75, 3.05) is 18.9 Å². The van der Waals surface area contributed by atoms with Crippen LogP contribution in [0.1, 0.15) is 22.8 Å². The quantitative estimate of drug-likeness (QED) is 0.260. The number of carbonyl (C=O) groups is 2. The van der Waals surface area contributed by atoms with Crippen LogP contribution in [0.25, 0.3) is 16.9 Å². The maximum absolute atomic E-state index is 13.2. The van der Waals surface area contributed by atoms with Gasteiger partial charge in [0.05, 0.1) is 18.1 Å². The molecule has 0 radical (unpaired) electrons. The Labute approximate surface area is 216 Å². The van der Waals surface area contributed by atoms with Gasteiger partial charge < -0.3 is 15.0 Å². The summed E-state index contributed by atoms with van der Waals surface area (Å²) in [6.07, 6.45) is 6.21. The molecule has 10 nitrogen and oxygen atoms in total. The van der Waals surface area contributed by atoms with Crippen LogP contribution in [0.4, 0.5) is 23.2 Å². The lowest BCUT2D eigenvalue weighted by atomic mass is 10.1. The summed E-state index contributed by atoms with van der Waals surface area (Å²) in [5.41, 5.74) is 0.320. The molecule has 38 heavy (non-hydrogen) atoms. The van der Waals surface area contributed by atoms with E-state index >= 15 is 0 Å². The van der Waals surface area contributed by atoms with Crippen LogP contribution in [0.15, 0.2) is 53.9 Å². The summed E-state index contributed by atoms with van der Waals surface area (Å²) >= 11 is 0.208. The molecule has 2 amide bonds. The van der Waals surface area contributed by atoms with Crippen LogP contribution in [0, 0.1) is 0 Å². The second-order valence-electron chi connectivity index (χ2n) is 8.25. The van der Waals surface area contributed by atoms with E-state index in [1.54, 1.807) is 19.3 Å². The fourth-order valence-corrected chi connectivity index (χ4v) is 4.68. The van der Waals surface area contributed by atoms with E-state index in [0.717, 1.165) is 6.07 Å². The summed E-state index contributed by atoms with van der Waals surface area (Å²) < 4.78 is 59.9. The lowest BCUT2D eigenvalue weighted by molar-refractivity contribution is -0.129. The van der Waals surface area contributed by atoms with Crippen molar-refractivity contribution >= 4 is 34.9 Å². The van der Waals surface area contributed by atoms with Crippen LogP contribution >= 0.6 is 11.8 Å². The minimum Gasteiger partial charge on any atom is -0.434 e. The molecule has 1 aromatic carbocycles. The monoisotopic (exact) mass is 549 g/mol. The van der Waals surface area contributed by atoms with Crippen LogP contribution in [0.3, 0.4) is 0 Å². The van der Waals surface area contributed by atoms with Crippen molar-refractivity contribution in [2.24, 2.45) is 0 Å². The highest BCUT2D eigenvalue weighted by Gasteiger charge is 2.33. The average Bonchev–Trinajstić information content (AvgIpc) is 3.57. The Morgan fingerprint density at radius 3 is 2.79 bits per heavy atom. The van der Waals surface area contributed by atoms with E-state index in [-0.39, 0.29) is 56.5 Å². The van der Waals surface area contributed by atoms with Gasteiger partial charge in [-0.1, -0.05) is 11.8 Å². The Kier molecular flexibility index (Phi) is 6.93. The molecule has 0 spiro atoms. The molecule has 1 atom stereocenters. The highest BCUT2D eigenvalue weighted by atomic mass is 32.2. The number of fused-ring (bicyclic) bond motifs is 1. The molecule has 1 fully saturated rings. The second kappa shape index (κ2) is 10.3. The lowest BCUT2D eigenvalue weighted by Crippen LogP contribution is -2.24. The van der Waals surface area contributed by atoms with Gasteiger partial charge in [-0.25, -0.2) is 9.50 Å². The molecule has 1 N–H and O–H groups in total. The van der Waals surface area contributed by atoms with E-state index in [4.69, 9.17) is 0 Å². The zero-order chi connectivity index (χ0) is 27.0. The zero-order valence-electron chi connectivity index (χ0n) is 19.6. The summed E-state index contributed by atoms with van der Waals surface area (Å²) in [5, 5.41) is 11.2. The van der Waals surface area contributed by atoms with E-state index in [9.17, 15) is 27.2 Å². The number of amides is 2. The van der Waals surface area contributed by atoms with Crippen molar-refractivity contribution in [3.05, 3.63) is 54.6 Å². The van der Waals surface area contributed by atoms with E-state index in [1.807, 2.05) is 0 Å². The standard InChI is InChI=1S/C23H19F4N7O3S/c1-32-8-5-16(21(32)36)34-11-15(30-20(35)14-10-29-33-7-2-6-28-19(14)33)18(31-34)13-9-12(38-23(26)27)3-4-17(13)37-22(24)25/h2-4,6-7,9-11,16,22-23H,5,8H2,1H3,(H,30,35)/t16-/m1/s1. The number of benzene rings is 1. The van der Waals surface area contributed by atoms with Crippen molar-refractivity contribution in [1.29, 1.82) is 0 Å². The van der Waals surface area contributed by atoms with Crippen LogP contribution in [-0.4, -0.2) is 67.1 Å². The third-order valence-electron chi connectivity index (χ3n) is 5.87. The van der Waals surface area contributed by atoms with Gasteiger partial charge in [-0.3, -0.25) is 14.3 Å². The number of ether oxygens (including phenoxy) is 1. The molecule has 0 saturated carbocycles. The molecule has 15 heteroatoms. The SMILES string of the molecule is CN1CC[C@@H](n2cc(NC(=O)c3cnn4cccnc34)c(-c3cc(SC(F)F)ccc3OC(F)F)n2)C1=O. The Morgan fingerprint density at radius 1 is 1.26 bits per heavy atom. The first kappa shape index (κ1) is 25.5. The molecule has 5 rings (SSSR count). The van der Waals surface area contributed by atoms with Gasteiger partial charge in [0, 0.05) is 36.4 Å². The highest BCUT2D eigenvalue weighted by Crippen LogP contribution is 2.40. The largest absolute Gasteiger partial charge is 0.434 e. The number of hydrogen-bond acceptors (Lipinski definition) is 7. The van der Waals surface area contributed by atoms with Gasteiger partial charge in [-0.05, 0) is 30.7 Å². The topological polar surface area (TPSA) is 107 Å². The first-order chi connectivity index (χ1) is 18.2. The smallest absolute Gasteiger partial charge is 0.387 e. The first-order valence-electron chi connectivity index (χ1n) is 11.2. The molecule has 198 valence electrons. The number of hydrogen-bond donors (Lipinski definition) is 1. The van der Waals surface area contributed by atoms with Gasteiger partial charge >= 0.3 is 6.61 Å². The van der Waals surface area contributed by atoms with Gasteiger partial charge in [-0.2, -0.15) is 27.8 Å². The lowest BCUT2D eigenvalue weighted by Gasteiger charge is -2.13. The number of anilines is 1. The van der Waals surface area contributed by atoms with Gasteiger partial charge in [-0.15, -0.1) is 0 Å². The number of carbonyl (C=O) groups excluding carboxylic acids is 2. The fraction of sp³-hybridized carbons (Fsp3) is 0.261. The van der Waals surface area contributed by atoms with Crippen molar-refractivity contribution < 1.29 is 31.9 Å². The van der Waals surface area contributed by atoms with Gasteiger partial charge in [0.2, 0.25) is 5.91 Å². The van der Waals surface area contributed by atoms with E-state index < -0.39 is 24.3 Å². The minimum absolute atomic E-state index is 0.0440. The number of nitrogens with zero attached hydrogens (tertiary/aromatic N) is 6. The molecule has 1 saturated heterocycles. The molecule has 4 heterocycles. The van der Waals surface area contributed by atoms with Gasteiger partial charge in [0.25, 0.3) is 11.7 Å². The Hall–Kier alpha value is -4.14. The predicted molar refractivity (Wildman–Crippen MR) is 128 cm³/mol. The summed E-state index contributed by atoms with van der Waals surface area (Å²) in [6, 6.07) is 4.49. The molecule has 0 aliphatic carbocycles. The molecule has 4 aromatic rings. The average molecular weight is 550 g/mol. The summed E-state index contributed by atoms with van der Waals surface area (Å²) in [6.45, 7) is -2.74. The number of likely N-dealkylation sites (tertiary alicyclic amines) is 1. The predicted octanol–water partition coefficient (Wildman–Crippen LogP) is 4.16. The molecule has 0 bridgehead atoms. The maximum atomic E-state index is 13.2. The number of likely N-dealkylation sites (N-methyl/N-ethyl adjacent to an activating group) is 1. The number of aromatic nitrogens is 5. The zero-order valence-corrected chi connectivity index (χ0v) is 20.4. The third kappa shape index (κ3) is 5.01. The van der Waals surface area contributed by atoms with Crippen molar-refractivity contribution in [3.63, 3.8) is 0 Å². The normalized spacial score (nSPS) is 15.7.